The lowest BCUT2D eigenvalue weighted by Crippen LogP contribution is -2.04. The third-order valence-corrected chi connectivity index (χ3v) is 2.28. The van der Waals surface area contributed by atoms with Crippen LogP contribution >= 0.6 is 11.6 Å². The van der Waals surface area contributed by atoms with Crippen LogP contribution in [0.3, 0.4) is 0 Å². The first-order chi connectivity index (χ1) is 8.15. The van der Waals surface area contributed by atoms with Crippen LogP contribution in [0, 0.1) is 11.6 Å². The molecule has 17 heavy (non-hydrogen) atoms. The van der Waals surface area contributed by atoms with E-state index in [9.17, 15) is 8.78 Å². The average Bonchev–Trinajstić information content (AvgIpc) is 2.28. The summed E-state index contributed by atoms with van der Waals surface area (Å²) >= 11 is 5.59. The highest BCUT2D eigenvalue weighted by molar-refractivity contribution is 6.28. The van der Waals surface area contributed by atoms with Gasteiger partial charge in [0, 0.05) is 24.4 Å². The van der Waals surface area contributed by atoms with E-state index in [1.54, 1.807) is 6.07 Å². The molecular weight excluding hydrogens is 248 g/mol. The SMILES string of the molecule is Fc1ccc(CNc2ccnc(Cl)n2)c(F)c1. The van der Waals surface area contributed by atoms with Crippen molar-refractivity contribution in [3.63, 3.8) is 0 Å². The summed E-state index contributed by atoms with van der Waals surface area (Å²) in [6, 6.07) is 5.02. The smallest absolute Gasteiger partial charge is 0.224 e. The Morgan fingerprint density at radius 2 is 2.06 bits per heavy atom. The second kappa shape index (κ2) is 5.05. The maximum atomic E-state index is 13.3. The summed E-state index contributed by atoms with van der Waals surface area (Å²) in [6.45, 7) is 0.194. The van der Waals surface area contributed by atoms with E-state index in [4.69, 9.17) is 11.6 Å². The molecule has 1 aromatic heterocycles. The van der Waals surface area contributed by atoms with Gasteiger partial charge in [0.25, 0.3) is 0 Å². The summed E-state index contributed by atoms with van der Waals surface area (Å²) in [5, 5.41) is 2.97. The molecule has 0 atom stereocenters. The monoisotopic (exact) mass is 255 g/mol. The zero-order valence-corrected chi connectivity index (χ0v) is 9.38. The molecule has 0 fully saturated rings. The first kappa shape index (κ1) is 11.7. The average molecular weight is 256 g/mol. The Balaban J connectivity index is 2.07. The molecule has 2 rings (SSSR count). The molecule has 0 saturated carbocycles. The minimum atomic E-state index is -0.601. The molecule has 0 aliphatic carbocycles. The molecule has 0 bridgehead atoms. The van der Waals surface area contributed by atoms with Crippen molar-refractivity contribution in [3.8, 4) is 0 Å². The molecule has 1 aromatic carbocycles. The zero-order valence-electron chi connectivity index (χ0n) is 8.62. The number of anilines is 1. The fraction of sp³-hybridized carbons (Fsp3) is 0.0909. The van der Waals surface area contributed by atoms with Gasteiger partial charge in [-0.25, -0.2) is 18.7 Å². The van der Waals surface area contributed by atoms with Gasteiger partial charge in [0.1, 0.15) is 17.5 Å². The van der Waals surface area contributed by atoms with Gasteiger partial charge in [-0.1, -0.05) is 6.07 Å². The predicted molar refractivity (Wildman–Crippen MR) is 60.7 cm³/mol. The Hall–Kier alpha value is -1.75. The first-order valence-electron chi connectivity index (χ1n) is 4.81. The summed E-state index contributed by atoms with van der Waals surface area (Å²) in [5.41, 5.74) is 0.348. The Labute approximate surface area is 101 Å². The van der Waals surface area contributed by atoms with Gasteiger partial charge >= 0.3 is 0 Å². The summed E-state index contributed by atoms with van der Waals surface area (Å²) in [4.78, 5) is 7.60. The zero-order chi connectivity index (χ0) is 12.3. The summed E-state index contributed by atoms with van der Waals surface area (Å²) in [7, 11) is 0. The molecular formula is C11H8ClF2N3. The maximum Gasteiger partial charge on any atom is 0.224 e. The molecule has 1 heterocycles. The third kappa shape index (κ3) is 3.10. The minimum Gasteiger partial charge on any atom is -0.366 e. The van der Waals surface area contributed by atoms with Crippen LogP contribution in [0.5, 0.6) is 0 Å². The topological polar surface area (TPSA) is 37.8 Å². The van der Waals surface area contributed by atoms with E-state index >= 15 is 0 Å². The van der Waals surface area contributed by atoms with E-state index in [-0.39, 0.29) is 11.8 Å². The van der Waals surface area contributed by atoms with Crippen molar-refractivity contribution >= 4 is 17.4 Å². The van der Waals surface area contributed by atoms with Crippen molar-refractivity contribution in [2.24, 2.45) is 0 Å². The van der Waals surface area contributed by atoms with E-state index in [0.29, 0.717) is 11.4 Å². The molecule has 0 spiro atoms. The summed E-state index contributed by atoms with van der Waals surface area (Å²) in [6.07, 6.45) is 1.48. The Morgan fingerprint density at radius 1 is 1.24 bits per heavy atom. The van der Waals surface area contributed by atoms with Crippen LogP contribution in [0.25, 0.3) is 0 Å². The molecule has 1 N–H and O–H groups in total. The van der Waals surface area contributed by atoms with Crippen LogP contribution in [0.15, 0.2) is 30.5 Å². The van der Waals surface area contributed by atoms with Crippen molar-refractivity contribution in [1.29, 1.82) is 0 Å². The normalized spacial score (nSPS) is 10.3. The van der Waals surface area contributed by atoms with Crippen LogP contribution in [0.1, 0.15) is 5.56 Å². The number of halogens is 3. The molecule has 0 aliphatic rings. The molecule has 0 radical (unpaired) electrons. The van der Waals surface area contributed by atoms with Crippen LogP contribution < -0.4 is 5.32 Å². The fourth-order valence-electron chi connectivity index (χ4n) is 1.28. The van der Waals surface area contributed by atoms with Gasteiger partial charge in [-0.15, -0.1) is 0 Å². The number of rotatable bonds is 3. The number of benzene rings is 1. The van der Waals surface area contributed by atoms with Crippen molar-refractivity contribution < 1.29 is 8.78 Å². The number of hydrogen-bond acceptors (Lipinski definition) is 3. The van der Waals surface area contributed by atoms with Gasteiger partial charge in [-0.3, -0.25) is 0 Å². The molecule has 0 unspecified atom stereocenters. The fourth-order valence-corrected chi connectivity index (χ4v) is 1.43. The van der Waals surface area contributed by atoms with Gasteiger partial charge in [-0.2, -0.15) is 0 Å². The van der Waals surface area contributed by atoms with E-state index in [0.717, 1.165) is 6.07 Å². The lowest BCUT2D eigenvalue weighted by Gasteiger charge is -2.06. The second-order valence-electron chi connectivity index (χ2n) is 3.30. The first-order valence-corrected chi connectivity index (χ1v) is 5.19. The van der Waals surface area contributed by atoms with Crippen molar-refractivity contribution in [3.05, 3.63) is 52.9 Å². The third-order valence-electron chi connectivity index (χ3n) is 2.10. The molecule has 0 amide bonds. The van der Waals surface area contributed by atoms with Crippen molar-refractivity contribution in [1.82, 2.24) is 9.97 Å². The van der Waals surface area contributed by atoms with Crippen LogP contribution in [-0.4, -0.2) is 9.97 Å². The largest absolute Gasteiger partial charge is 0.366 e. The lowest BCUT2D eigenvalue weighted by molar-refractivity contribution is 0.574. The number of nitrogens with zero attached hydrogens (tertiary/aromatic N) is 2. The Morgan fingerprint density at radius 3 is 2.76 bits per heavy atom. The number of hydrogen-bond donors (Lipinski definition) is 1. The summed E-state index contributed by atoms with van der Waals surface area (Å²) < 4.78 is 26.0. The highest BCUT2D eigenvalue weighted by Crippen LogP contribution is 2.12. The van der Waals surface area contributed by atoms with Gasteiger partial charge < -0.3 is 5.32 Å². The highest BCUT2D eigenvalue weighted by atomic mass is 35.5. The van der Waals surface area contributed by atoms with Crippen LogP contribution in [0.2, 0.25) is 5.28 Å². The second-order valence-corrected chi connectivity index (χ2v) is 3.64. The molecule has 0 aliphatic heterocycles. The predicted octanol–water partition coefficient (Wildman–Crippen LogP) is 3.02. The standard InChI is InChI=1S/C11H8ClF2N3/c12-11-15-4-3-10(17-11)16-6-7-1-2-8(13)5-9(7)14/h1-5H,6H2,(H,15,16,17). The number of nitrogens with one attached hydrogen (secondary N) is 1. The molecule has 3 nitrogen and oxygen atoms in total. The van der Waals surface area contributed by atoms with Crippen molar-refractivity contribution in [2.45, 2.75) is 6.54 Å². The highest BCUT2D eigenvalue weighted by Gasteiger charge is 2.04. The van der Waals surface area contributed by atoms with Crippen molar-refractivity contribution in [2.75, 3.05) is 5.32 Å². The van der Waals surface area contributed by atoms with E-state index in [2.05, 4.69) is 15.3 Å². The van der Waals surface area contributed by atoms with E-state index in [1.807, 2.05) is 0 Å². The Bertz CT molecular complexity index is 534. The van der Waals surface area contributed by atoms with Gasteiger partial charge in [0.05, 0.1) is 0 Å². The molecule has 2 aromatic rings. The van der Waals surface area contributed by atoms with Gasteiger partial charge in [0.15, 0.2) is 0 Å². The maximum absolute atomic E-state index is 13.3. The van der Waals surface area contributed by atoms with Crippen LogP contribution in [0.4, 0.5) is 14.6 Å². The minimum absolute atomic E-state index is 0.106. The molecule has 6 heteroatoms. The molecule has 88 valence electrons. The Kier molecular flexibility index (Phi) is 3.49. The number of aromatic nitrogens is 2. The van der Waals surface area contributed by atoms with Crippen LogP contribution in [-0.2, 0) is 6.54 Å². The summed E-state index contributed by atoms with van der Waals surface area (Å²) in [5.74, 6) is -0.720. The van der Waals surface area contributed by atoms with E-state index < -0.39 is 11.6 Å². The lowest BCUT2D eigenvalue weighted by atomic mass is 10.2. The molecule has 0 saturated heterocycles. The quantitative estimate of drug-likeness (QED) is 0.857. The van der Waals surface area contributed by atoms with Gasteiger partial charge in [-0.05, 0) is 23.7 Å². The van der Waals surface area contributed by atoms with Gasteiger partial charge in [0.2, 0.25) is 5.28 Å². The van der Waals surface area contributed by atoms with E-state index in [1.165, 1.54) is 18.3 Å².